The summed E-state index contributed by atoms with van der Waals surface area (Å²) in [6.45, 7) is 0.0506. The molecule has 0 aliphatic carbocycles. The van der Waals surface area contributed by atoms with Crippen LogP contribution in [-0.2, 0) is 0 Å². The van der Waals surface area contributed by atoms with E-state index in [2.05, 4.69) is 0 Å². The van der Waals surface area contributed by atoms with E-state index >= 15 is 0 Å². The van der Waals surface area contributed by atoms with E-state index in [1.807, 2.05) is 0 Å². The Hall–Kier alpha value is -1.50. The quantitative estimate of drug-likeness (QED) is 0.897. The highest BCUT2D eigenvalue weighted by molar-refractivity contribution is 7.21. The average Bonchev–Trinajstić information content (AvgIpc) is 2.76. The predicted octanol–water partition coefficient (Wildman–Crippen LogP) is 1.05. The van der Waals surface area contributed by atoms with Gasteiger partial charge in [-0.2, -0.15) is 0 Å². The SMILES string of the molecule is O=C([O-])c1sc2ccc3c(c2c1Cl)O[C@@H](CO)CO3. The molecule has 0 bridgehead atoms. The van der Waals surface area contributed by atoms with Crippen molar-refractivity contribution in [3.05, 3.63) is 22.0 Å². The van der Waals surface area contributed by atoms with Crippen LogP contribution in [0.4, 0.5) is 0 Å². The summed E-state index contributed by atoms with van der Waals surface area (Å²) in [6, 6.07) is 3.41. The largest absolute Gasteiger partial charge is 0.544 e. The summed E-state index contributed by atoms with van der Waals surface area (Å²) in [5.74, 6) is -0.464. The molecule has 1 aliphatic heterocycles. The van der Waals surface area contributed by atoms with Gasteiger partial charge in [0.25, 0.3) is 0 Å². The van der Waals surface area contributed by atoms with Gasteiger partial charge in [-0.05, 0) is 12.1 Å². The first-order valence-electron chi connectivity index (χ1n) is 5.48. The molecular formula is C12H8ClO5S-. The lowest BCUT2D eigenvalue weighted by molar-refractivity contribution is -0.254. The standard InChI is InChI=1S/C12H9ClO5S/c13-9-8-7(19-11(9)12(15)16)2-1-6-10(8)18-5(3-14)4-17-6/h1-2,5,14H,3-4H2,(H,15,16)/p-1/t5-/m0/s1. The molecule has 1 aliphatic rings. The number of rotatable bonds is 2. The van der Waals surface area contributed by atoms with Crippen LogP contribution in [0.3, 0.4) is 0 Å². The van der Waals surface area contributed by atoms with Crippen molar-refractivity contribution in [1.29, 1.82) is 0 Å². The first kappa shape index (κ1) is 12.5. The van der Waals surface area contributed by atoms with Crippen molar-refractivity contribution in [1.82, 2.24) is 0 Å². The molecule has 100 valence electrons. The normalized spacial score (nSPS) is 17.7. The van der Waals surface area contributed by atoms with Crippen molar-refractivity contribution in [2.45, 2.75) is 6.10 Å². The molecule has 2 aromatic rings. The Balaban J connectivity index is 2.23. The molecule has 0 saturated heterocycles. The number of carbonyl (C=O) groups is 1. The van der Waals surface area contributed by atoms with Crippen LogP contribution in [0.25, 0.3) is 10.1 Å². The molecule has 7 heteroatoms. The Kier molecular flexibility index (Phi) is 3.00. The number of aliphatic hydroxyl groups excluding tert-OH is 1. The number of carboxylic acids is 1. The van der Waals surface area contributed by atoms with Gasteiger partial charge in [0.1, 0.15) is 6.61 Å². The van der Waals surface area contributed by atoms with Gasteiger partial charge in [0.2, 0.25) is 0 Å². The maximum Gasteiger partial charge on any atom is 0.172 e. The maximum atomic E-state index is 11.0. The fourth-order valence-corrected chi connectivity index (χ4v) is 3.31. The van der Waals surface area contributed by atoms with E-state index in [0.29, 0.717) is 21.6 Å². The molecular weight excluding hydrogens is 292 g/mol. The van der Waals surface area contributed by atoms with Crippen LogP contribution in [0, 0.1) is 0 Å². The lowest BCUT2D eigenvalue weighted by Crippen LogP contribution is -2.32. The first-order chi connectivity index (χ1) is 9.11. The van der Waals surface area contributed by atoms with E-state index in [1.165, 1.54) is 0 Å². The second-order valence-corrected chi connectivity index (χ2v) is 5.46. The summed E-state index contributed by atoms with van der Waals surface area (Å²) in [7, 11) is 0. The first-order valence-corrected chi connectivity index (χ1v) is 6.68. The fraction of sp³-hybridized carbons (Fsp3) is 0.250. The van der Waals surface area contributed by atoms with Gasteiger partial charge >= 0.3 is 0 Å². The Labute approximate surface area is 116 Å². The summed E-state index contributed by atoms with van der Waals surface area (Å²) in [6.07, 6.45) is -0.486. The molecule has 1 N–H and O–H groups in total. The summed E-state index contributed by atoms with van der Waals surface area (Å²) in [4.78, 5) is 10.9. The molecule has 0 fully saturated rings. The van der Waals surface area contributed by atoms with Crippen molar-refractivity contribution in [2.75, 3.05) is 13.2 Å². The highest BCUT2D eigenvalue weighted by atomic mass is 35.5. The third-order valence-electron chi connectivity index (χ3n) is 2.81. The second-order valence-electron chi connectivity index (χ2n) is 4.03. The minimum atomic E-state index is -1.32. The number of halogens is 1. The minimum absolute atomic E-state index is 0.0419. The second kappa shape index (κ2) is 4.56. The van der Waals surface area contributed by atoms with Crippen molar-refractivity contribution in [3.63, 3.8) is 0 Å². The number of fused-ring (bicyclic) bond motifs is 3. The van der Waals surface area contributed by atoms with Crippen molar-refractivity contribution < 1.29 is 24.5 Å². The zero-order chi connectivity index (χ0) is 13.6. The van der Waals surface area contributed by atoms with E-state index in [9.17, 15) is 9.90 Å². The van der Waals surface area contributed by atoms with Crippen LogP contribution in [0.1, 0.15) is 9.67 Å². The molecule has 1 aromatic heterocycles. The van der Waals surface area contributed by atoms with Gasteiger partial charge in [-0.25, -0.2) is 0 Å². The molecule has 0 radical (unpaired) electrons. The number of hydrogen-bond donors (Lipinski definition) is 1. The summed E-state index contributed by atoms with van der Waals surface area (Å²) in [5.41, 5.74) is 0. The van der Waals surface area contributed by atoms with Crippen molar-refractivity contribution in [3.8, 4) is 11.5 Å². The molecule has 0 spiro atoms. The number of aromatic carboxylic acids is 1. The van der Waals surface area contributed by atoms with E-state index < -0.39 is 12.1 Å². The van der Waals surface area contributed by atoms with Crippen LogP contribution in [0.15, 0.2) is 12.1 Å². The van der Waals surface area contributed by atoms with E-state index in [-0.39, 0.29) is 23.1 Å². The van der Waals surface area contributed by atoms with Gasteiger partial charge in [0.05, 0.1) is 27.9 Å². The van der Waals surface area contributed by atoms with Crippen LogP contribution < -0.4 is 14.6 Å². The molecule has 3 rings (SSSR count). The molecule has 19 heavy (non-hydrogen) atoms. The Morgan fingerprint density at radius 2 is 2.37 bits per heavy atom. The maximum absolute atomic E-state index is 11.0. The summed E-state index contributed by atoms with van der Waals surface area (Å²) < 4.78 is 11.7. The molecule has 0 saturated carbocycles. The Morgan fingerprint density at radius 3 is 3.05 bits per heavy atom. The van der Waals surface area contributed by atoms with Gasteiger partial charge in [-0.3, -0.25) is 0 Å². The Bertz CT molecular complexity index is 666. The summed E-state index contributed by atoms with van der Waals surface area (Å²) in [5, 5.41) is 20.7. The van der Waals surface area contributed by atoms with Crippen LogP contribution in [0.2, 0.25) is 5.02 Å². The number of ether oxygens (including phenoxy) is 2. The third kappa shape index (κ3) is 1.92. The number of hydrogen-bond acceptors (Lipinski definition) is 6. The van der Waals surface area contributed by atoms with Gasteiger partial charge < -0.3 is 24.5 Å². The lowest BCUT2D eigenvalue weighted by Gasteiger charge is -2.25. The average molecular weight is 300 g/mol. The minimum Gasteiger partial charge on any atom is -0.544 e. The zero-order valence-corrected chi connectivity index (χ0v) is 11.1. The molecule has 0 unspecified atom stereocenters. The van der Waals surface area contributed by atoms with Crippen molar-refractivity contribution in [2.24, 2.45) is 0 Å². The smallest absolute Gasteiger partial charge is 0.172 e. The highest BCUT2D eigenvalue weighted by Crippen LogP contribution is 2.46. The van der Waals surface area contributed by atoms with E-state index in [4.69, 9.17) is 26.2 Å². The fourth-order valence-electron chi connectivity index (χ4n) is 1.94. The van der Waals surface area contributed by atoms with Gasteiger partial charge in [-0.1, -0.05) is 11.6 Å². The van der Waals surface area contributed by atoms with Crippen LogP contribution in [-0.4, -0.2) is 30.4 Å². The molecule has 2 heterocycles. The highest BCUT2D eigenvalue weighted by Gasteiger charge is 2.25. The summed E-state index contributed by atoms with van der Waals surface area (Å²) >= 11 is 7.09. The van der Waals surface area contributed by atoms with E-state index in [1.54, 1.807) is 12.1 Å². The molecule has 5 nitrogen and oxygen atoms in total. The van der Waals surface area contributed by atoms with E-state index in [0.717, 1.165) is 11.3 Å². The zero-order valence-electron chi connectivity index (χ0n) is 9.51. The Morgan fingerprint density at radius 1 is 1.58 bits per heavy atom. The van der Waals surface area contributed by atoms with Crippen LogP contribution >= 0.6 is 22.9 Å². The number of aliphatic hydroxyl groups is 1. The van der Waals surface area contributed by atoms with Gasteiger partial charge in [0, 0.05) is 4.70 Å². The van der Waals surface area contributed by atoms with Crippen molar-refractivity contribution >= 4 is 39.0 Å². The number of benzene rings is 1. The number of thiophene rings is 1. The molecule has 1 atom stereocenters. The van der Waals surface area contributed by atoms with Gasteiger partial charge in [0.15, 0.2) is 17.6 Å². The molecule has 0 amide bonds. The topological polar surface area (TPSA) is 78.8 Å². The lowest BCUT2D eigenvalue weighted by atomic mass is 10.2. The third-order valence-corrected chi connectivity index (χ3v) is 4.44. The predicted molar refractivity (Wildman–Crippen MR) is 68.2 cm³/mol. The number of carbonyl (C=O) groups excluding carboxylic acids is 1. The monoisotopic (exact) mass is 299 g/mol. The molecule has 1 aromatic carbocycles. The van der Waals surface area contributed by atoms with Gasteiger partial charge in [-0.15, -0.1) is 11.3 Å². The van der Waals surface area contributed by atoms with Crippen LogP contribution in [0.5, 0.6) is 11.5 Å². The number of carboxylic acid groups (broad SMARTS) is 1.